The minimum atomic E-state index is -0.715. The molecular weight excluding hydrogens is 191 g/mol. The first-order chi connectivity index (χ1) is 6.17. The maximum absolute atomic E-state index is 13.3. The van der Waals surface area contributed by atoms with Gasteiger partial charge in [0.05, 0.1) is 5.41 Å². The fraction of sp³-hybridized carbons (Fsp3) is 0.300. The molecule has 0 amide bonds. The maximum Gasteiger partial charge on any atom is 0.232 e. The average Bonchev–Trinajstić information content (AvgIpc) is 2.85. The Morgan fingerprint density at radius 3 is 2.46 bits per heavy atom. The van der Waals surface area contributed by atoms with Crippen LogP contribution in [0.25, 0.3) is 0 Å². The van der Waals surface area contributed by atoms with Crippen molar-refractivity contribution in [2.24, 2.45) is 0 Å². The van der Waals surface area contributed by atoms with E-state index in [2.05, 4.69) is 0 Å². The molecule has 0 spiro atoms. The first-order valence-corrected chi connectivity index (χ1v) is 4.49. The summed E-state index contributed by atoms with van der Waals surface area (Å²) in [6.45, 7) is 0. The molecule has 1 nitrogen and oxygen atoms in total. The van der Waals surface area contributed by atoms with Crippen LogP contribution in [0.15, 0.2) is 24.3 Å². The molecule has 0 unspecified atom stereocenters. The van der Waals surface area contributed by atoms with Gasteiger partial charge in [0.15, 0.2) is 0 Å². The third-order valence-electron chi connectivity index (χ3n) is 2.52. The highest BCUT2D eigenvalue weighted by atomic mass is 35.5. The zero-order valence-corrected chi connectivity index (χ0v) is 7.64. The SMILES string of the molecule is O=C(Cl)C1(c2ccccc2F)CC1. The van der Waals surface area contributed by atoms with Gasteiger partial charge in [0.2, 0.25) is 5.24 Å². The Labute approximate surface area is 80.5 Å². The topological polar surface area (TPSA) is 17.1 Å². The van der Waals surface area contributed by atoms with Crippen LogP contribution in [0.3, 0.4) is 0 Å². The molecule has 1 aromatic carbocycles. The van der Waals surface area contributed by atoms with Gasteiger partial charge >= 0.3 is 0 Å². The maximum atomic E-state index is 13.3. The van der Waals surface area contributed by atoms with E-state index in [4.69, 9.17) is 11.6 Å². The summed E-state index contributed by atoms with van der Waals surface area (Å²) >= 11 is 5.43. The number of hydrogen-bond acceptors (Lipinski definition) is 1. The summed E-state index contributed by atoms with van der Waals surface area (Å²) in [7, 11) is 0. The first kappa shape index (κ1) is 8.70. The van der Waals surface area contributed by atoms with E-state index in [-0.39, 0.29) is 5.82 Å². The highest BCUT2D eigenvalue weighted by Crippen LogP contribution is 2.50. The van der Waals surface area contributed by atoms with E-state index in [1.165, 1.54) is 6.07 Å². The van der Waals surface area contributed by atoms with Crippen molar-refractivity contribution < 1.29 is 9.18 Å². The van der Waals surface area contributed by atoms with E-state index in [1.54, 1.807) is 18.2 Å². The summed E-state index contributed by atoms with van der Waals surface area (Å²) in [5.74, 6) is -0.339. The predicted octanol–water partition coefficient (Wildman–Crippen LogP) is 2.62. The highest BCUT2D eigenvalue weighted by Gasteiger charge is 2.51. The molecule has 0 heterocycles. The standard InChI is InChI=1S/C10H8ClFO/c11-9(13)10(5-6-10)7-3-1-2-4-8(7)12/h1-4H,5-6H2. The van der Waals surface area contributed by atoms with Gasteiger partial charge in [-0.15, -0.1) is 0 Å². The minimum Gasteiger partial charge on any atom is -0.280 e. The second-order valence-electron chi connectivity index (χ2n) is 3.34. The zero-order chi connectivity index (χ0) is 9.47. The summed E-state index contributed by atoms with van der Waals surface area (Å²) in [6.07, 6.45) is 1.33. The smallest absolute Gasteiger partial charge is 0.232 e. The van der Waals surface area contributed by atoms with Crippen molar-refractivity contribution in [2.75, 3.05) is 0 Å². The van der Waals surface area contributed by atoms with E-state index in [9.17, 15) is 9.18 Å². The van der Waals surface area contributed by atoms with E-state index < -0.39 is 10.7 Å². The predicted molar refractivity (Wildman–Crippen MR) is 48.2 cm³/mol. The van der Waals surface area contributed by atoms with E-state index >= 15 is 0 Å². The van der Waals surface area contributed by atoms with Gasteiger partial charge in [-0.05, 0) is 30.5 Å². The van der Waals surface area contributed by atoms with E-state index in [1.807, 2.05) is 0 Å². The van der Waals surface area contributed by atoms with Crippen LogP contribution in [-0.2, 0) is 10.2 Å². The normalized spacial score (nSPS) is 18.3. The molecule has 0 radical (unpaired) electrons. The lowest BCUT2D eigenvalue weighted by Gasteiger charge is -2.10. The molecule has 0 aromatic heterocycles. The molecule has 1 aliphatic rings. The minimum absolute atomic E-state index is 0.339. The molecular formula is C10H8ClFO. The number of halogens is 2. The average molecular weight is 199 g/mol. The monoisotopic (exact) mass is 198 g/mol. The van der Waals surface area contributed by atoms with Gasteiger partial charge in [-0.1, -0.05) is 18.2 Å². The molecule has 0 atom stereocenters. The van der Waals surface area contributed by atoms with Gasteiger partial charge < -0.3 is 0 Å². The Hall–Kier alpha value is -0.890. The van der Waals surface area contributed by atoms with Crippen molar-refractivity contribution in [3.8, 4) is 0 Å². The molecule has 0 bridgehead atoms. The van der Waals surface area contributed by atoms with Crippen LogP contribution in [-0.4, -0.2) is 5.24 Å². The van der Waals surface area contributed by atoms with Crippen LogP contribution >= 0.6 is 11.6 Å². The zero-order valence-electron chi connectivity index (χ0n) is 6.89. The molecule has 13 heavy (non-hydrogen) atoms. The molecule has 1 aliphatic carbocycles. The molecule has 1 fully saturated rings. The molecule has 1 saturated carbocycles. The second-order valence-corrected chi connectivity index (χ2v) is 3.68. The van der Waals surface area contributed by atoms with Crippen molar-refractivity contribution >= 4 is 16.8 Å². The summed E-state index contributed by atoms with van der Waals surface area (Å²) < 4.78 is 13.3. The molecule has 0 saturated heterocycles. The third-order valence-corrected chi connectivity index (χ3v) is 2.88. The lowest BCUT2D eigenvalue weighted by Crippen LogP contribution is -2.16. The summed E-state index contributed by atoms with van der Waals surface area (Å²) in [4.78, 5) is 11.1. The van der Waals surface area contributed by atoms with E-state index in [0.717, 1.165) is 0 Å². The number of benzene rings is 1. The Morgan fingerprint density at radius 2 is 2.00 bits per heavy atom. The number of carbonyl (C=O) groups is 1. The Morgan fingerprint density at radius 1 is 1.38 bits per heavy atom. The first-order valence-electron chi connectivity index (χ1n) is 4.12. The fourth-order valence-corrected chi connectivity index (χ4v) is 1.84. The van der Waals surface area contributed by atoms with Gasteiger partial charge in [-0.2, -0.15) is 0 Å². The summed E-state index contributed by atoms with van der Waals surface area (Å²) in [5, 5.41) is -0.447. The highest BCUT2D eigenvalue weighted by molar-refractivity contribution is 6.66. The molecule has 0 aliphatic heterocycles. The van der Waals surface area contributed by atoms with Crippen LogP contribution in [0, 0.1) is 5.82 Å². The third kappa shape index (κ3) is 1.25. The van der Waals surface area contributed by atoms with Gasteiger partial charge in [0, 0.05) is 5.56 Å². The van der Waals surface area contributed by atoms with Crippen molar-refractivity contribution in [3.63, 3.8) is 0 Å². The molecule has 68 valence electrons. The van der Waals surface area contributed by atoms with Crippen LogP contribution in [0.2, 0.25) is 0 Å². The van der Waals surface area contributed by atoms with Crippen LogP contribution in [0.1, 0.15) is 18.4 Å². The lowest BCUT2D eigenvalue weighted by molar-refractivity contribution is -0.113. The van der Waals surface area contributed by atoms with Gasteiger partial charge in [-0.3, -0.25) is 4.79 Å². The quantitative estimate of drug-likeness (QED) is 0.668. The van der Waals surface area contributed by atoms with Crippen molar-refractivity contribution in [3.05, 3.63) is 35.6 Å². The fourth-order valence-electron chi connectivity index (χ4n) is 1.55. The lowest BCUT2D eigenvalue weighted by atomic mass is 9.97. The van der Waals surface area contributed by atoms with E-state index in [0.29, 0.717) is 18.4 Å². The number of rotatable bonds is 2. The van der Waals surface area contributed by atoms with Crippen molar-refractivity contribution in [1.82, 2.24) is 0 Å². The number of carbonyl (C=O) groups excluding carboxylic acids is 1. The Bertz CT molecular complexity index is 358. The number of hydrogen-bond donors (Lipinski definition) is 0. The van der Waals surface area contributed by atoms with Crippen LogP contribution < -0.4 is 0 Å². The van der Waals surface area contributed by atoms with Gasteiger partial charge in [0.1, 0.15) is 5.82 Å². The molecule has 1 aromatic rings. The van der Waals surface area contributed by atoms with Crippen molar-refractivity contribution in [1.29, 1.82) is 0 Å². The molecule has 0 N–H and O–H groups in total. The Balaban J connectivity index is 2.47. The van der Waals surface area contributed by atoms with Gasteiger partial charge in [0.25, 0.3) is 0 Å². The van der Waals surface area contributed by atoms with Crippen LogP contribution in [0.5, 0.6) is 0 Å². The summed E-state index contributed by atoms with van der Waals surface area (Å²) in [6, 6.07) is 6.31. The van der Waals surface area contributed by atoms with Crippen LogP contribution in [0.4, 0.5) is 4.39 Å². The molecule has 2 rings (SSSR count). The second kappa shape index (κ2) is 2.81. The van der Waals surface area contributed by atoms with Crippen molar-refractivity contribution in [2.45, 2.75) is 18.3 Å². The molecule has 3 heteroatoms. The summed E-state index contributed by atoms with van der Waals surface area (Å²) in [5.41, 5.74) is -0.276. The Kier molecular flexibility index (Phi) is 1.88. The largest absolute Gasteiger partial charge is 0.280 e. The van der Waals surface area contributed by atoms with Gasteiger partial charge in [-0.25, -0.2) is 4.39 Å².